The minimum Gasteiger partial charge on any atom is -0.489 e. The molecule has 1 amide bonds. The van der Waals surface area contributed by atoms with Crippen molar-refractivity contribution in [3.63, 3.8) is 0 Å². The number of aryl methyl sites for hydroxylation is 2. The van der Waals surface area contributed by atoms with Crippen LogP contribution in [-0.2, 0) is 6.54 Å². The number of nitrogens with zero attached hydrogens (tertiary/aromatic N) is 2. The molecule has 0 unspecified atom stereocenters. The topological polar surface area (TPSA) is 98.2 Å². The van der Waals surface area contributed by atoms with Crippen LogP contribution in [0.5, 0.6) is 5.75 Å². The molecule has 4 rings (SSSR count). The number of hydrogen-bond donors (Lipinski definition) is 2. The number of anilines is 1. The molecule has 1 aliphatic heterocycles. The van der Waals surface area contributed by atoms with E-state index in [1.54, 1.807) is 19.1 Å². The number of aromatic amines is 1. The van der Waals surface area contributed by atoms with Crippen molar-refractivity contribution < 1.29 is 13.9 Å². The number of nitriles is 1. The van der Waals surface area contributed by atoms with Crippen LogP contribution in [0.15, 0.2) is 41.2 Å². The number of aromatic nitrogens is 1. The number of ether oxygens (including phenoxy) is 1. The fraction of sp³-hybridized carbons (Fsp3) is 0.296. The lowest BCUT2D eigenvalue weighted by atomic mass is 9.98. The van der Waals surface area contributed by atoms with E-state index in [1.807, 2.05) is 25.1 Å². The van der Waals surface area contributed by atoms with Crippen molar-refractivity contribution in [3.05, 3.63) is 80.5 Å². The van der Waals surface area contributed by atoms with Crippen LogP contribution >= 0.6 is 0 Å². The Kier molecular flexibility index (Phi) is 6.61. The largest absolute Gasteiger partial charge is 0.489 e. The van der Waals surface area contributed by atoms with E-state index in [9.17, 15) is 14.0 Å². The lowest BCUT2D eigenvalue weighted by molar-refractivity contribution is 0.0946. The number of benzene rings is 2. The van der Waals surface area contributed by atoms with E-state index < -0.39 is 11.7 Å². The third-order valence-electron chi connectivity index (χ3n) is 6.17. The van der Waals surface area contributed by atoms with Crippen LogP contribution in [0.4, 0.5) is 10.1 Å². The molecular weight excluding hydrogens is 447 g/mol. The summed E-state index contributed by atoms with van der Waals surface area (Å²) in [5.41, 5.74) is 3.93. The molecule has 0 fully saturated rings. The lowest BCUT2D eigenvalue weighted by Gasteiger charge is -2.35. The molecule has 0 atom stereocenters. The smallest absolute Gasteiger partial charge is 0.255 e. The maximum atomic E-state index is 14.4. The van der Waals surface area contributed by atoms with Crippen LogP contribution in [0.2, 0.25) is 0 Å². The van der Waals surface area contributed by atoms with Crippen molar-refractivity contribution in [1.82, 2.24) is 10.3 Å². The average Bonchev–Trinajstić information content (AvgIpc) is 2.81. The van der Waals surface area contributed by atoms with Gasteiger partial charge in [0.1, 0.15) is 18.5 Å². The van der Waals surface area contributed by atoms with Gasteiger partial charge in [0, 0.05) is 23.8 Å². The van der Waals surface area contributed by atoms with Crippen LogP contribution in [0.3, 0.4) is 0 Å². The van der Waals surface area contributed by atoms with E-state index in [0.717, 1.165) is 16.9 Å². The second-order valence-electron chi connectivity index (χ2n) is 8.94. The highest BCUT2D eigenvalue weighted by atomic mass is 19.1. The van der Waals surface area contributed by atoms with E-state index in [2.05, 4.69) is 29.0 Å². The average molecular weight is 475 g/mol. The summed E-state index contributed by atoms with van der Waals surface area (Å²) in [5.74, 6) is -0.572. The highest BCUT2D eigenvalue weighted by Crippen LogP contribution is 2.40. The van der Waals surface area contributed by atoms with Gasteiger partial charge in [-0.15, -0.1) is 0 Å². The molecule has 35 heavy (non-hydrogen) atoms. The molecule has 2 N–H and O–H groups in total. The Morgan fingerprint density at radius 1 is 1.23 bits per heavy atom. The van der Waals surface area contributed by atoms with Gasteiger partial charge in [-0.1, -0.05) is 6.07 Å². The minimum atomic E-state index is -0.625. The van der Waals surface area contributed by atoms with Gasteiger partial charge in [-0.2, -0.15) is 5.26 Å². The van der Waals surface area contributed by atoms with Crippen molar-refractivity contribution in [2.75, 3.05) is 18.1 Å². The fourth-order valence-corrected chi connectivity index (χ4v) is 4.37. The number of nitrogens with one attached hydrogen (secondary N) is 2. The molecule has 1 aromatic heterocycles. The SMILES string of the molecule is Cc1cc(C)c(CNC(=O)c2cc(-c3ccc(C#N)c(F)c3)cc3c2OCCN3C(C)C)c(=O)[nH]1. The molecule has 2 heterocycles. The molecular formula is C27H27FN4O3. The van der Waals surface area contributed by atoms with Crippen molar-refractivity contribution >= 4 is 11.6 Å². The van der Waals surface area contributed by atoms with Crippen molar-refractivity contribution in [2.45, 2.75) is 40.3 Å². The Bertz CT molecular complexity index is 1400. The third kappa shape index (κ3) is 4.76. The molecule has 0 saturated carbocycles. The second-order valence-corrected chi connectivity index (χ2v) is 8.94. The molecule has 7 nitrogen and oxygen atoms in total. The Hall–Kier alpha value is -4.12. The number of pyridine rings is 1. The first kappa shape index (κ1) is 24.0. The van der Waals surface area contributed by atoms with Gasteiger partial charge in [0.15, 0.2) is 5.75 Å². The molecule has 0 aliphatic carbocycles. The summed E-state index contributed by atoms with van der Waals surface area (Å²) in [6.45, 7) is 8.86. The first-order valence-corrected chi connectivity index (χ1v) is 11.4. The van der Waals surface area contributed by atoms with Crippen LogP contribution < -0.4 is 20.5 Å². The molecule has 2 aromatic carbocycles. The molecule has 1 aliphatic rings. The molecule has 0 bridgehead atoms. The highest BCUT2D eigenvalue weighted by Gasteiger charge is 2.27. The second kappa shape index (κ2) is 9.63. The van der Waals surface area contributed by atoms with Gasteiger partial charge in [0.25, 0.3) is 11.5 Å². The Morgan fingerprint density at radius 2 is 2.00 bits per heavy atom. The Labute approximate surface area is 203 Å². The van der Waals surface area contributed by atoms with E-state index in [4.69, 9.17) is 10.00 Å². The van der Waals surface area contributed by atoms with Gasteiger partial charge >= 0.3 is 0 Å². The molecule has 8 heteroatoms. The first-order valence-electron chi connectivity index (χ1n) is 11.4. The number of fused-ring (bicyclic) bond motifs is 1. The predicted octanol–water partition coefficient (Wildman–Crippen LogP) is 4.21. The van der Waals surface area contributed by atoms with Gasteiger partial charge in [0.2, 0.25) is 0 Å². The summed E-state index contributed by atoms with van der Waals surface area (Å²) in [6.07, 6.45) is 0. The third-order valence-corrected chi connectivity index (χ3v) is 6.17. The Morgan fingerprint density at radius 3 is 2.66 bits per heavy atom. The van der Waals surface area contributed by atoms with Gasteiger partial charge < -0.3 is 19.9 Å². The molecule has 180 valence electrons. The summed E-state index contributed by atoms with van der Waals surface area (Å²) in [7, 11) is 0. The number of rotatable bonds is 5. The zero-order valence-corrected chi connectivity index (χ0v) is 20.2. The van der Waals surface area contributed by atoms with Gasteiger partial charge in [-0.3, -0.25) is 9.59 Å². The van der Waals surface area contributed by atoms with E-state index in [0.29, 0.717) is 41.2 Å². The quantitative estimate of drug-likeness (QED) is 0.577. The van der Waals surface area contributed by atoms with Gasteiger partial charge in [-0.05, 0) is 74.7 Å². The standard InChI is InChI=1S/C27H27FN4O3/c1-15(2)32-7-8-35-25-21(26(33)30-14-22-16(3)9-17(4)31-27(22)34)10-20(12-24(25)32)18-5-6-19(13-29)23(28)11-18/h5-6,9-12,15H,7-8,14H2,1-4H3,(H,30,33)(H,31,34). The van der Waals surface area contributed by atoms with Crippen LogP contribution in [0.25, 0.3) is 11.1 Å². The maximum absolute atomic E-state index is 14.4. The fourth-order valence-electron chi connectivity index (χ4n) is 4.37. The van der Waals surface area contributed by atoms with Crippen LogP contribution in [0.1, 0.15) is 46.6 Å². The summed E-state index contributed by atoms with van der Waals surface area (Å²) in [6, 6.07) is 11.7. The zero-order chi connectivity index (χ0) is 25.3. The molecule has 0 radical (unpaired) electrons. The van der Waals surface area contributed by atoms with E-state index in [1.165, 1.54) is 12.1 Å². The van der Waals surface area contributed by atoms with Crippen molar-refractivity contribution in [3.8, 4) is 22.9 Å². The predicted molar refractivity (Wildman–Crippen MR) is 132 cm³/mol. The lowest BCUT2D eigenvalue weighted by Crippen LogP contribution is -2.39. The van der Waals surface area contributed by atoms with Crippen LogP contribution in [0, 0.1) is 31.0 Å². The zero-order valence-electron chi connectivity index (χ0n) is 20.2. The highest BCUT2D eigenvalue weighted by molar-refractivity contribution is 6.01. The van der Waals surface area contributed by atoms with Gasteiger partial charge in [-0.25, -0.2) is 4.39 Å². The van der Waals surface area contributed by atoms with Gasteiger partial charge in [0.05, 0.1) is 23.4 Å². The number of carbonyl (C=O) groups excluding carboxylic acids is 1. The number of carbonyl (C=O) groups is 1. The number of halogens is 1. The first-order chi connectivity index (χ1) is 16.7. The number of amides is 1. The summed E-state index contributed by atoms with van der Waals surface area (Å²) in [5, 5.41) is 11.9. The molecule has 0 saturated heterocycles. The maximum Gasteiger partial charge on any atom is 0.255 e. The molecule has 3 aromatic rings. The van der Waals surface area contributed by atoms with E-state index >= 15 is 0 Å². The molecule has 0 spiro atoms. The van der Waals surface area contributed by atoms with E-state index in [-0.39, 0.29) is 23.7 Å². The number of H-pyrrole nitrogens is 1. The van der Waals surface area contributed by atoms with Crippen molar-refractivity contribution in [1.29, 1.82) is 5.26 Å². The monoisotopic (exact) mass is 474 g/mol. The van der Waals surface area contributed by atoms with Crippen LogP contribution in [-0.4, -0.2) is 30.1 Å². The number of hydrogen-bond acceptors (Lipinski definition) is 5. The summed E-state index contributed by atoms with van der Waals surface area (Å²) < 4.78 is 20.3. The van der Waals surface area contributed by atoms with Crippen molar-refractivity contribution in [2.24, 2.45) is 0 Å². The Balaban J connectivity index is 1.77. The summed E-state index contributed by atoms with van der Waals surface area (Å²) >= 11 is 0. The minimum absolute atomic E-state index is 0.0458. The summed E-state index contributed by atoms with van der Waals surface area (Å²) in [4.78, 5) is 30.6. The normalized spacial score (nSPS) is 12.7.